The van der Waals surface area contributed by atoms with Gasteiger partial charge in [-0.05, 0) is 151 Å². The third-order valence-electron chi connectivity index (χ3n) is 13.9. The predicted octanol–water partition coefficient (Wildman–Crippen LogP) is 18.0. The van der Waals surface area contributed by atoms with Gasteiger partial charge in [-0.2, -0.15) is 0 Å². The largest absolute Gasteiger partial charge is 0.461 e. The molecule has 65 heavy (non-hydrogen) atoms. The maximum absolute atomic E-state index is 6.34. The Morgan fingerprint density at radius 1 is 0.415 bits per heavy atom. The van der Waals surface area contributed by atoms with Crippen molar-refractivity contribution in [3.63, 3.8) is 0 Å². The number of hydrogen-bond donors (Lipinski definition) is 0. The van der Waals surface area contributed by atoms with Crippen LogP contribution in [0.4, 0.5) is 17.1 Å². The Morgan fingerprint density at radius 3 is 1.62 bits per heavy atom. The zero-order valence-corrected chi connectivity index (χ0v) is 37.1. The molecule has 1 aliphatic rings. The first-order valence-electron chi connectivity index (χ1n) is 22.7. The summed E-state index contributed by atoms with van der Waals surface area (Å²) in [6.45, 7) is 8.85. The third kappa shape index (κ3) is 6.24. The van der Waals surface area contributed by atoms with Crippen molar-refractivity contribution < 1.29 is 4.42 Å². The standard InChI is InChI=1S/C63H47NO/c1-5-13-50-40(2)65-60-37-36-56-57-38-46(28-34-52(57)51-16-9-10-18-55(51)61(56)62(50)60)45-26-31-48(32-27-45)64(49-33-35-54-53-17-11-12-19-58(53)63(3,4)59(54)39-49)47-29-24-44(25-30-47)43-22-20-42(21-23-43)41-14-7-6-8-15-41/h5-39H,1-4H3/b13-5-. The fraction of sp³-hybridized carbons (Fsp3) is 0.0794. The van der Waals surface area contributed by atoms with Gasteiger partial charge in [0.25, 0.3) is 0 Å². The molecule has 0 saturated carbocycles. The van der Waals surface area contributed by atoms with Crippen LogP contribution in [0, 0.1) is 6.92 Å². The van der Waals surface area contributed by atoms with Crippen molar-refractivity contribution in [2.45, 2.75) is 33.1 Å². The van der Waals surface area contributed by atoms with Crippen LogP contribution in [0.1, 0.15) is 43.2 Å². The van der Waals surface area contributed by atoms with E-state index in [2.05, 4.69) is 245 Å². The SMILES string of the molecule is C/C=C\c1c(C)oc2ccc3c4cc(-c5ccc(N(c6ccc(-c7ccc(-c8ccccc8)cc7)cc6)c6ccc7c(c6)C(C)(C)c6ccccc6-7)cc5)ccc4c4ccccc4c3c12. The molecule has 1 aliphatic carbocycles. The van der Waals surface area contributed by atoms with E-state index in [-0.39, 0.29) is 5.41 Å². The van der Waals surface area contributed by atoms with Crippen molar-refractivity contribution in [1.82, 2.24) is 0 Å². The van der Waals surface area contributed by atoms with E-state index in [4.69, 9.17) is 4.42 Å². The molecular weight excluding hydrogens is 787 g/mol. The van der Waals surface area contributed by atoms with Gasteiger partial charge in [0.2, 0.25) is 0 Å². The summed E-state index contributed by atoms with van der Waals surface area (Å²) in [6, 6.07) is 73.7. The number of anilines is 3. The highest BCUT2D eigenvalue weighted by Gasteiger charge is 2.35. The van der Waals surface area contributed by atoms with Crippen molar-refractivity contribution in [3.8, 4) is 44.5 Å². The van der Waals surface area contributed by atoms with Crippen LogP contribution in [0.5, 0.6) is 0 Å². The molecule has 11 aromatic rings. The average molecular weight is 834 g/mol. The van der Waals surface area contributed by atoms with Gasteiger partial charge in [-0.25, -0.2) is 0 Å². The molecule has 2 nitrogen and oxygen atoms in total. The summed E-state index contributed by atoms with van der Waals surface area (Å²) in [4.78, 5) is 2.41. The summed E-state index contributed by atoms with van der Waals surface area (Å²) in [5.74, 6) is 0.941. The van der Waals surface area contributed by atoms with Crippen LogP contribution in [0.25, 0.3) is 93.9 Å². The van der Waals surface area contributed by atoms with Gasteiger partial charge < -0.3 is 9.32 Å². The molecule has 0 radical (unpaired) electrons. The van der Waals surface area contributed by atoms with E-state index in [0.29, 0.717) is 0 Å². The van der Waals surface area contributed by atoms with E-state index in [1.54, 1.807) is 0 Å². The van der Waals surface area contributed by atoms with E-state index in [1.807, 2.05) is 0 Å². The summed E-state index contributed by atoms with van der Waals surface area (Å²) >= 11 is 0. The first-order valence-corrected chi connectivity index (χ1v) is 22.7. The topological polar surface area (TPSA) is 16.4 Å². The molecule has 0 amide bonds. The highest BCUT2D eigenvalue weighted by atomic mass is 16.3. The minimum absolute atomic E-state index is 0.116. The molecule has 0 unspecified atom stereocenters. The third-order valence-corrected chi connectivity index (χ3v) is 13.9. The molecule has 0 atom stereocenters. The first-order chi connectivity index (χ1) is 31.9. The number of nitrogens with zero attached hydrogens (tertiary/aromatic N) is 1. The maximum atomic E-state index is 6.34. The number of furan rings is 1. The molecule has 0 aliphatic heterocycles. The first kappa shape index (κ1) is 38.7. The highest BCUT2D eigenvalue weighted by Crippen LogP contribution is 2.51. The van der Waals surface area contributed by atoms with Crippen LogP contribution in [-0.2, 0) is 5.41 Å². The van der Waals surface area contributed by atoms with Crippen LogP contribution in [0.15, 0.2) is 211 Å². The Balaban J connectivity index is 0.961. The molecule has 0 saturated heterocycles. The van der Waals surface area contributed by atoms with E-state index in [9.17, 15) is 0 Å². The van der Waals surface area contributed by atoms with Gasteiger partial charge in [0.05, 0.1) is 0 Å². The molecule has 1 aromatic heterocycles. The molecular formula is C63H47NO. The van der Waals surface area contributed by atoms with Gasteiger partial charge in [0, 0.05) is 38.8 Å². The lowest BCUT2D eigenvalue weighted by atomic mass is 9.82. The second-order valence-electron chi connectivity index (χ2n) is 18.0. The van der Waals surface area contributed by atoms with Crippen LogP contribution in [0.2, 0.25) is 0 Å². The Hall–Kier alpha value is -7.94. The van der Waals surface area contributed by atoms with Gasteiger partial charge in [0.1, 0.15) is 11.3 Å². The normalized spacial score (nSPS) is 13.0. The second kappa shape index (κ2) is 15.1. The minimum Gasteiger partial charge on any atom is -0.461 e. The predicted molar refractivity (Wildman–Crippen MR) is 277 cm³/mol. The van der Waals surface area contributed by atoms with E-state index in [1.165, 1.54) is 93.3 Å². The van der Waals surface area contributed by atoms with Gasteiger partial charge in [0.15, 0.2) is 0 Å². The van der Waals surface area contributed by atoms with Crippen molar-refractivity contribution in [3.05, 3.63) is 229 Å². The summed E-state index contributed by atoms with van der Waals surface area (Å²) < 4.78 is 6.34. The molecule has 10 aromatic carbocycles. The summed E-state index contributed by atoms with van der Waals surface area (Å²) in [7, 11) is 0. The monoisotopic (exact) mass is 833 g/mol. The Kier molecular flexibility index (Phi) is 9.00. The van der Waals surface area contributed by atoms with E-state index < -0.39 is 0 Å². The zero-order chi connectivity index (χ0) is 43.8. The molecule has 0 fully saturated rings. The van der Waals surface area contributed by atoms with E-state index in [0.717, 1.165) is 34.0 Å². The number of rotatable bonds is 7. The number of fused-ring (bicyclic) bond motifs is 11. The molecule has 0 N–H and O–H groups in total. The quantitative estimate of drug-likeness (QED) is 0.149. The Morgan fingerprint density at radius 2 is 0.923 bits per heavy atom. The molecule has 12 rings (SSSR count). The molecule has 0 spiro atoms. The smallest absolute Gasteiger partial charge is 0.135 e. The zero-order valence-electron chi connectivity index (χ0n) is 37.1. The number of aryl methyl sites for hydroxylation is 1. The maximum Gasteiger partial charge on any atom is 0.135 e. The van der Waals surface area contributed by atoms with Crippen LogP contribution >= 0.6 is 0 Å². The van der Waals surface area contributed by atoms with Crippen LogP contribution in [0.3, 0.4) is 0 Å². The average Bonchev–Trinajstić information content (AvgIpc) is 3.80. The molecule has 1 heterocycles. The second-order valence-corrected chi connectivity index (χ2v) is 18.0. The van der Waals surface area contributed by atoms with Crippen molar-refractivity contribution in [1.29, 1.82) is 0 Å². The van der Waals surface area contributed by atoms with E-state index >= 15 is 0 Å². The lowest BCUT2D eigenvalue weighted by Gasteiger charge is -2.28. The Labute approximate surface area is 380 Å². The fourth-order valence-electron chi connectivity index (χ4n) is 10.7. The number of allylic oxidation sites excluding steroid dienone is 1. The molecule has 0 bridgehead atoms. The molecule has 310 valence electrons. The lowest BCUT2D eigenvalue weighted by Crippen LogP contribution is -2.16. The number of benzene rings is 10. The van der Waals surface area contributed by atoms with Crippen molar-refractivity contribution in [2.24, 2.45) is 0 Å². The van der Waals surface area contributed by atoms with Crippen LogP contribution in [-0.4, -0.2) is 0 Å². The van der Waals surface area contributed by atoms with Gasteiger partial charge >= 0.3 is 0 Å². The van der Waals surface area contributed by atoms with Gasteiger partial charge in [-0.3, -0.25) is 0 Å². The van der Waals surface area contributed by atoms with Crippen LogP contribution < -0.4 is 4.90 Å². The van der Waals surface area contributed by atoms with Crippen molar-refractivity contribution in [2.75, 3.05) is 4.90 Å². The number of hydrogen-bond acceptors (Lipinski definition) is 2. The fourth-order valence-corrected chi connectivity index (χ4v) is 10.7. The summed E-state index contributed by atoms with van der Waals surface area (Å²) in [5.41, 5.74) is 17.9. The minimum atomic E-state index is -0.116. The Bertz CT molecular complexity index is 3660. The van der Waals surface area contributed by atoms with Gasteiger partial charge in [-0.15, -0.1) is 0 Å². The lowest BCUT2D eigenvalue weighted by molar-refractivity contribution is 0.577. The van der Waals surface area contributed by atoms with Crippen molar-refractivity contribution >= 4 is 66.4 Å². The highest BCUT2D eigenvalue weighted by molar-refractivity contribution is 6.32. The summed E-state index contributed by atoms with van der Waals surface area (Å²) in [6.07, 6.45) is 4.29. The summed E-state index contributed by atoms with van der Waals surface area (Å²) in [5, 5.41) is 8.65. The van der Waals surface area contributed by atoms with Gasteiger partial charge in [-0.1, -0.05) is 172 Å². The molecule has 2 heteroatoms.